The number of halogens is 1. The lowest BCUT2D eigenvalue weighted by atomic mass is 9.87. The van der Waals surface area contributed by atoms with Gasteiger partial charge in [-0.25, -0.2) is 9.07 Å². The second-order valence-electron chi connectivity index (χ2n) is 11.6. The number of thioether (sulfide) groups is 1. The van der Waals surface area contributed by atoms with Crippen LogP contribution in [0.25, 0.3) is 5.69 Å². The summed E-state index contributed by atoms with van der Waals surface area (Å²) in [5.74, 6) is 1.58. The van der Waals surface area contributed by atoms with Crippen LogP contribution >= 0.6 is 11.8 Å². The number of anilines is 1. The van der Waals surface area contributed by atoms with Crippen molar-refractivity contribution < 1.29 is 28.2 Å². The monoisotopic (exact) mass is 632 g/mol. The van der Waals surface area contributed by atoms with Gasteiger partial charge in [-0.05, 0) is 59.7 Å². The average Bonchev–Trinajstić information content (AvgIpc) is 3.38. The van der Waals surface area contributed by atoms with E-state index in [9.17, 15) is 14.0 Å². The molecular formula is C34H37FN4O5S. The zero-order chi connectivity index (χ0) is 32.3. The van der Waals surface area contributed by atoms with E-state index in [1.807, 2.05) is 42.5 Å². The molecule has 11 heteroatoms. The summed E-state index contributed by atoms with van der Waals surface area (Å²) in [6, 6.07) is 19.1. The number of carbonyl (C=O) groups excluding carboxylic acids is 2. The molecule has 0 unspecified atom stereocenters. The van der Waals surface area contributed by atoms with E-state index in [1.54, 1.807) is 38.1 Å². The second-order valence-corrected chi connectivity index (χ2v) is 12.7. The van der Waals surface area contributed by atoms with E-state index in [0.717, 1.165) is 22.4 Å². The summed E-state index contributed by atoms with van der Waals surface area (Å²) in [4.78, 5) is 28.9. The molecule has 1 aromatic heterocycles. The molecule has 2 amide bonds. The fourth-order valence-corrected chi connectivity index (χ4v) is 6.45. The van der Waals surface area contributed by atoms with Gasteiger partial charge < -0.3 is 19.5 Å². The zero-order valence-electron chi connectivity index (χ0n) is 26.2. The number of fused-ring (bicyclic) bond motifs is 1. The number of carbonyl (C=O) groups is 2. The second kappa shape index (κ2) is 13.2. The van der Waals surface area contributed by atoms with Gasteiger partial charge in [0.1, 0.15) is 23.9 Å². The predicted octanol–water partition coefficient (Wildman–Crippen LogP) is 5.82. The molecule has 5 rings (SSSR count). The van der Waals surface area contributed by atoms with Gasteiger partial charge in [-0.2, -0.15) is 5.10 Å². The van der Waals surface area contributed by atoms with Crippen LogP contribution in [-0.2, 0) is 21.5 Å². The van der Waals surface area contributed by atoms with Gasteiger partial charge in [0.2, 0.25) is 11.8 Å². The van der Waals surface area contributed by atoms with Crippen molar-refractivity contribution in [1.29, 1.82) is 0 Å². The van der Waals surface area contributed by atoms with Crippen molar-refractivity contribution in [2.24, 2.45) is 0 Å². The SMILES string of the molecule is COc1ccc(-n2nc(C(C)(C)C)c3c2N(CC(=O)NCc2ccc(F)cc2)C(=O)CS[C@H]3c2ccc(OC)c(OC)c2)cc1. The van der Waals surface area contributed by atoms with Crippen molar-refractivity contribution in [2.75, 3.05) is 38.5 Å². The molecule has 0 aliphatic carbocycles. The Morgan fingerprint density at radius 2 is 1.67 bits per heavy atom. The lowest BCUT2D eigenvalue weighted by molar-refractivity contribution is -0.123. The number of hydrogen-bond donors (Lipinski definition) is 1. The van der Waals surface area contributed by atoms with Crippen LogP contribution < -0.4 is 24.4 Å². The van der Waals surface area contributed by atoms with E-state index in [1.165, 1.54) is 28.8 Å². The summed E-state index contributed by atoms with van der Waals surface area (Å²) >= 11 is 1.48. The molecule has 0 saturated heterocycles. The average molecular weight is 633 g/mol. The van der Waals surface area contributed by atoms with E-state index in [0.29, 0.717) is 28.8 Å². The lowest BCUT2D eigenvalue weighted by Crippen LogP contribution is -2.42. The minimum atomic E-state index is -0.416. The Morgan fingerprint density at radius 3 is 2.29 bits per heavy atom. The number of methoxy groups -OCH3 is 3. The maximum Gasteiger partial charge on any atom is 0.240 e. The molecule has 1 aliphatic rings. The maximum absolute atomic E-state index is 13.9. The summed E-state index contributed by atoms with van der Waals surface area (Å²) < 4.78 is 31.6. The number of ether oxygens (including phenoxy) is 3. The molecule has 2 heterocycles. The number of amides is 2. The van der Waals surface area contributed by atoms with Crippen LogP contribution in [-0.4, -0.2) is 55.2 Å². The fourth-order valence-electron chi connectivity index (χ4n) is 5.26. The third kappa shape index (κ3) is 6.78. The van der Waals surface area contributed by atoms with Gasteiger partial charge in [0.05, 0.1) is 43.7 Å². The molecule has 3 aromatic carbocycles. The summed E-state index contributed by atoms with van der Waals surface area (Å²) in [5.41, 5.74) is 3.59. The van der Waals surface area contributed by atoms with Crippen LogP contribution in [0, 0.1) is 5.82 Å². The van der Waals surface area contributed by atoms with Gasteiger partial charge in [-0.15, -0.1) is 11.8 Å². The van der Waals surface area contributed by atoms with Gasteiger partial charge >= 0.3 is 0 Å². The topological polar surface area (TPSA) is 94.9 Å². The fraction of sp³-hybridized carbons (Fsp3) is 0.324. The molecule has 1 N–H and O–H groups in total. The molecule has 0 spiro atoms. The normalized spacial score (nSPS) is 14.9. The quantitative estimate of drug-likeness (QED) is 0.249. The van der Waals surface area contributed by atoms with Crippen LogP contribution in [0.2, 0.25) is 0 Å². The molecule has 1 atom stereocenters. The smallest absolute Gasteiger partial charge is 0.240 e. The third-order valence-electron chi connectivity index (χ3n) is 7.53. The molecule has 9 nitrogen and oxygen atoms in total. The van der Waals surface area contributed by atoms with Crippen LogP contribution in [0.3, 0.4) is 0 Å². The molecule has 0 saturated carbocycles. The van der Waals surface area contributed by atoms with E-state index in [-0.39, 0.29) is 41.7 Å². The standard InChI is InChI=1S/C34H37FN4O5S/c1-34(2,3)32-30-31(22-9-16-26(43-5)27(17-22)44-6)45-20-29(41)38(19-28(40)36-18-21-7-10-23(35)11-8-21)33(30)39(37-32)24-12-14-25(42-4)15-13-24/h7-17,31H,18-20H2,1-6H3,(H,36,40)/t31-/m0/s1. The Balaban J connectivity index is 1.65. The minimum Gasteiger partial charge on any atom is -0.497 e. The van der Waals surface area contributed by atoms with Crippen molar-refractivity contribution >= 4 is 29.4 Å². The lowest BCUT2D eigenvalue weighted by Gasteiger charge is -2.25. The number of nitrogens with one attached hydrogen (secondary N) is 1. The molecule has 0 radical (unpaired) electrons. The summed E-state index contributed by atoms with van der Waals surface area (Å²) in [7, 11) is 4.78. The number of benzene rings is 3. The molecule has 0 bridgehead atoms. The number of nitrogens with zero attached hydrogens (tertiary/aromatic N) is 3. The molecular weight excluding hydrogens is 595 g/mol. The van der Waals surface area contributed by atoms with Crippen molar-refractivity contribution in [3.63, 3.8) is 0 Å². The van der Waals surface area contributed by atoms with Crippen molar-refractivity contribution in [3.05, 3.63) is 94.9 Å². The van der Waals surface area contributed by atoms with E-state index in [2.05, 4.69) is 26.1 Å². The van der Waals surface area contributed by atoms with Crippen molar-refractivity contribution in [1.82, 2.24) is 15.1 Å². The third-order valence-corrected chi connectivity index (χ3v) is 8.79. The minimum absolute atomic E-state index is 0.130. The molecule has 4 aromatic rings. The Morgan fingerprint density at radius 1 is 0.978 bits per heavy atom. The van der Waals surface area contributed by atoms with Gasteiger partial charge in [-0.3, -0.25) is 14.5 Å². The molecule has 1 aliphatic heterocycles. The maximum atomic E-state index is 13.9. The zero-order valence-corrected chi connectivity index (χ0v) is 27.0. The summed E-state index contributed by atoms with van der Waals surface area (Å²) in [5, 5.41) is 7.69. The largest absolute Gasteiger partial charge is 0.497 e. The van der Waals surface area contributed by atoms with Gasteiger partial charge in [0, 0.05) is 17.5 Å². The highest BCUT2D eigenvalue weighted by Gasteiger charge is 2.40. The molecule has 0 fully saturated rings. The van der Waals surface area contributed by atoms with Crippen LogP contribution in [0.5, 0.6) is 17.2 Å². The predicted molar refractivity (Wildman–Crippen MR) is 173 cm³/mol. The van der Waals surface area contributed by atoms with Crippen molar-refractivity contribution in [3.8, 4) is 22.9 Å². The first-order valence-electron chi connectivity index (χ1n) is 14.5. The van der Waals surface area contributed by atoms with E-state index < -0.39 is 5.41 Å². The van der Waals surface area contributed by atoms with Gasteiger partial charge in [0.25, 0.3) is 0 Å². The first kappa shape index (κ1) is 31.9. The Kier molecular flexibility index (Phi) is 9.38. The van der Waals surface area contributed by atoms with Gasteiger partial charge in [-0.1, -0.05) is 39.0 Å². The Labute approximate surface area is 266 Å². The number of hydrogen-bond acceptors (Lipinski definition) is 7. The first-order chi connectivity index (χ1) is 21.5. The summed E-state index contributed by atoms with van der Waals surface area (Å²) in [6.07, 6.45) is 0. The highest BCUT2D eigenvalue weighted by molar-refractivity contribution is 8.00. The highest BCUT2D eigenvalue weighted by Crippen LogP contribution is 2.49. The Hall–Kier alpha value is -4.51. The molecule has 45 heavy (non-hydrogen) atoms. The van der Waals surface area contributed by atoms with Crippen LogP contribution in [0.1, 0.15) is 48.4 Å². The number of aromatic nitrogens is 2. The van der Waals surface area contributed by atoms with E-state index >= 15 is 0 Å². The highest BCUT2D eigenvalue weighted by atomic mass is 32.2. The first-order valence-corrected chi connectivity index (χ1v) is 15.5. The summed E-state index contributed by atoms with van der Waals surface area (Å²) in [6.45, 7) is 6.21. The Bertz CT molecular complexity index is 1680. The van der Waals surface area contributed by atoms with Crippen LogP contribution in [0.15, 0.2) is 66.7 Å². The number of rotatable bonds is 9. The van der Waals surface area contributed by atoms with Crippen LogP contribution in [0.4, 0.5) is 10.2 Å². The van der Waals surface area contributed by atoms with E-state index in [4.69, 9.17) is 19.3 Å². The van der Waals surface area contributed by atoms with Gasteiger partial charge in [0.15, 0.2) is 11.5 Å². The van der Waals surface area contributed by atoms with Crippen molar-refractivity contribution in [2.45, 2.75) is 38.0 Å². The molecule has 236 valence electrons.